The van der Waals surface area contributed by atoms with Gasteiger partial charge in [-0.2, -0.15) is 10.2 Å². The standard InChI is InChI=1S/C18H16BrFN6O2/c19-15-8-14(6-7-16(15)20)26(28)17(21)25-11-13(10-23-25)24-18(27)22-9-12-4-2-1-3-5-12/h1-8,10-11,21,28H,9H2,(H2,22,24,27). The highest BCUT2D eigenvalue weighted by atomic mass is 79.9. The van der Waals surface area contributed by atoms with E-state index in [4.69, 9.17) is 5.41 Å². The topological polar surface area (TPSA) is 106 Å². The van der Waals surface area contributed by atoms with Crippen LogP contribution in [-0.2, 0) is 6.54 Å². The molecule has 0 fully saturated rings. The molecule has 3 aromatic rings. The van der Waals surface area contributed by atoms with Crippen LogP contribution >= 0.6 is 15.9 Å². The van der Waals surface area contributed by atoms with Crippen LogP contribution in [0, 0.1) is 11.2 Å². The van der Waals surface area contributed by atoms with E-state index in [9.17, 15) is 14.4 Å². The van der Waals surface area contributed by atoms with Gasteiger partial charge in [-0.25, -0.2) is 13.9 Å². The second-order valence-electron chi connectivity index (χ2n) is 5.70. The average molecular weight is 447 g/mol. The van der Waals surface area contributed by atoms with Gasteiger partial charge in [0.1, 0.15) is 5.82 Å². The first-order chi connectivity index (χ1) is 13.4. The Morgan fingerprint density at radius 1 is 1.29 bits per heavy atom. The Hall–Kier alpha value is -3.24. The van der Waals surface area contributed by atoms with Crippen LogP contribution in [0.3, 0.4) is 0 Å². The van der Waals surface area contributed by atoms with Crippen molar-refractivity contribution >= 4 is 39.3 Å². The molecule has 0 bridgehead atoms. The van der Waals surface area contributed by atoms with Gasteiger partial charge in [-0.15, -0.1) is 0 Å². The number of hydrogen-bond donors (Lipinski definition) is 4. The van der Waals surface area contributed by atoms with Crippen molar-refractivity contribution in [3.05, 3.63) is 76.8 Å². The first kappa shape index (κ1) is 19.5. The number of aromatic nitrogens is 2. The number of amides is 2. The number of rotatable bonds is 4. The molecule has 144 valence electrons. The molecule has 0 aliphatic carbocycles. The molecule has 0 saturated carbocycles. The lowest BCUT2D eigenvalue weighted by Gasteiger charge is -2.17. The van der Waals surface area contributed by atoms with Crippen LogP contribution in [0.4, 0.5) is 20.6 Å². The first-order valence-electron chi connectivity index (χ1n) is 8.10. The number of benzene rings is 2. The number of anilines is 2. The zero-order chi connectivity index (χ0) is 20.1. The van der Waals surface area contributed by atoms with Gasteiger partial charge in [0, 0.05) is 6.54 Å². The van der Waals surface area contributed by atoms with E-state index in [1.165, 1.54) is 24.5 Å². The zero-order valence-corrected chi connectivity index (χ0v) is 16.0. The minimum absolute atomic E-state index is 0.148. The molecule has 1 aromatic heterocycles. The lowest BCUT2D eigenvalue weighted by atomic mass is 10.2. The molecule has 0 aliphatic heterocycles. The van der Waals surface area contributed by atoms with Crippen molar-refractivity contribution in [1.29, 1.82) is 5.41 Å². The minimum Gasteiger partial charge on any atom is -0.334 e. The summed E-state index contributed by atoms with van der Waals surface area (Å²) >= 11 is 3.02. The van der Waals surface area contributed by atoms with Gasteiger partial charge in [0.2, 0.25) is 5.96 Å². The van der Waals surface area contributed by atoms with Crippen LogP contribution in [0.2, 0.25) is 0 Å². The molecule has 8 nitrogen and oxygen atoms in total. The van der Waals surface area contributed by atoms with E-state index in [1.807, 2.05) is 30.3 Å². The van der Waals surface area contributed by atoms with Crippen LogP contribution in [-0.4, -0.2) is 27.0 Å². The molecule has 0 aliphatic rings. The van der Waals surface area contributed by atoms with Crippen LogP contribution in [0.1, 0.15) is 5.56 Å². The van der Waals surface area contributed by atoms with Crippen molar-refractivity contribution < 1.29 is 14.4 Å². The van der Waals surface area contributed by atoms with Crippen molar-refractivity contribution in [2.24, 2.45) is 0 Å². The van der Waals surface area contributed by atoms with Gasteiger partial charge in [-0.1, -0.05) is 30.3 Å². The predicted octanol–water partition coefficient (Wildman–Crippen LogP) is 3.79. The van der Waals surface area contributed by atoms with Crippen LogP contribution in [0.5, 0.6) is 0 Å². The first-order valence-corrected chi connectivity index (χ1v) is 8.90. The maximum absolute atomic E-state index is 13.3. The largest absolute Gasteiger partial charge is 0.334 e. The quantitative estimate of drug-likeness (QED) is 0.278. The molecule has 0 saturated heterocycles. The highest BCUT2D eigenvalue weighted by molar-refractivity contribution is 9.10. The summed E-state index contributed by atoms with van der Waals surface area (Å²) in [7, 11) is 0. The highest BCUT2D eigenvalue weighted by Crippen LogP contribution is 2.22. The Kier molecular flexibility index (Phi) is 6.02. The van der Waals surface area contributed by atoms with Gasteiger partial charge in [0.05, 0.1) is 28.2 Å². The summed E-state index contributed by atoms with van der Waals surface area (Å²) in [6.07, 6.45) is 2.71. The fraction of sp³-hybridized carbons (Fsp3) is 0.0556. The number of nitrogens with one attached hydrogen (secondary N) is 3. The number of carbonyl (C=O) groups is 1. The Balaban J connectivity index is 1.60. The average Bonchev–Trinajstić information content (AvgIpc) is 3.16. The van der Waals surface area contributed by atoms with E-state index in [-0.39, 0.29) is 10.2 Å². The summed E-state index contributed by atoms with van der Waals surface area (Å²) in [4.78, 5) is 12.0. The second kappa shape index (κ2) is 8.63. The number of urea groups is 1. The Morgan fingerprint density at radius 3 is 2.75 bits per heavy atom. The van der Waals surface area contributed by atoms with Crippen molar-refractivity contribution in [2.75, 3.05) is 10.4 Å². The molecule has 4 N–H and O–H groups in total. The van der Waals surface area contributed by atoms with Gasteiger partial charge in [-0.3, -0.25) is 10.6 Å². The third-order valence-corrected chi connectivity index (χ3v) is 4.31. The summed E-state index contributed by atoms with van der Waals surface area (Å²) in [5, 5.41) is 28.0. The molecule has 2 amide bonds. The van der Waals surface area contributed by atoms with Crippen molar-refractivity contribution in [3.63, 3.8) is 0 Å². The van der Waals surface area contributed by atoms with E-state index < -0.39 is 17.8 Å². The van der Waals surface area contributed by atoms with E-state index in [0.717, 1.165) is 16.3 Å². The van der Waals surface area contributed by atoms with Gasteiger partial charge in [0.25, 0.3) is 0 Å². The van der Waals surface area contributed by atoms with Crippen molar-refractivity contribution in [3.8, 4) is 0 Å². The molecule has 0 radical (unpaired) electrons. The smallest absolute Gasteiger partial charge is 0.319 e. The maximum Gasteiger partial charge on any atom is 0.319 e. The summed E-state index contributed by atoms with van der Waals surface area (Å²) in [6.45, 7) is 0.362. The lowest BCUT2D eigenvalue weighted by molar-refractivity contribution is 0.251. The number of carbonyl (C=O) groups excluding carboxylic acids is 1. The highest BCUT2D eigenvalue weighted by Gasteiger charge is 2.15. The molecule has 0 spiro atoms. The van der Waals surface area contributed by atoms with Crippen LogP contribution in [0.25, 0.3) is 0 Å². The summed E-state index contributed by atoms with van der Waals surface area (Å²) in [5.41, 5.74) is 1.46. The normalized spacial score (nSPS) is 10.4. The minimum atomic E-state index is -0.490. The van der Waals surface area contributed by atoms with Gasteiger partial charge < -0.3 is 10.6 Å². The van der Waals surface area contributed by atoms with Gasteiger partial charge in [-0.05, 0) is 39.7 Å². The molecule has 3 rings (SSSR count). The Labute approximate surface area is 168 Å². The van der Waals surface area contributed by atoms with Crippen molar-refractivity contribution in [2.45, 2.75) is 6.54 Å². The fourth-order valence-electron chi connectivity index (χ4n) is 2.29. The third kappa shape index (κ3) is 4.72. The van der Waals surface area contributed by atoms with E-state index in [1.54, 1.807) is 0 Å². The monoisotopic (exact) mass is 446 g/mol. The SMILES string of the molecule is N=C(N(O)c1ccc(F)c(Br)c1)n1cc(NC(=O)NCc2ccccc2)cn1. The molecule has 2 aromatic carbocycles. The van der Waals surface area contributed by atoms with Crippen molar-refractivity contribution in [1.82, 2.24) is 15.1 Å². The molecule has 1 heterocycles. The maximum atomic E-state index is 13.3. The van der Waals surface area contributed by atoms with E-state index >= 15 is 0 Å². The molecular weight excluding hydrogens is 431 g/mol. The van der Waals surface area contributed by atoms with Crippen LogP contribution < -0.4 is 15.7 Å². The number of hydrogen-bond acceptors (Lipinski definition) is 4. The third-order valence-electron chi connectivity index (χ3n) is 3.70. The number of nitrogens with zero attached hydrogens (tertiary/aromatic N) is 3. The molecule has 10 heteroatoms. The van der Waals surface area contributed by atoms with E-state index in [0.29, 0.717) is 17.3 Å². The molecule has 0 atom stereocenters. The van der Waals surface area contributed by atoms with Gasteiger partial charge >= 0.3 is 6.03 Å². The number of hydroxylamine groups is 1. The summed E-state index contributed by atoms with van der Waals surface area (Å²) in [6, 6.07) is 12.8. The zero-order valence-electron chi connectivity index (χ0n) is 14.4. The van der Waals surface area contributed by atoms with Crippen LogP contribution in [0.15, 0.2) is 65.4 Å². The summed E-state index contributed by atoms with van der Waals surface area (Å²) < 4.78 is 14.5. The van der Waals surface area contributed by atoms with E-state index in [2.05, 4.69) is 31.7 Å². The fourth-order valence-corrected chi connectivity index (χ4v) is 2.66. The number of halogens is 2. The lowest BCUT2D eigenvalue weighted by Crippen LogP contribution is -2.32. The Morgan fingerprint density at radius 2 is 2.04 bits per heavy atom. The second-order valence-corrected chi connectivity index (χ2v) is 6.56. The van der Waals surface area contributed by atoms with Gasteiger partial charge in [0.15, 0.2) is 0 Å². The summed E-state index contributed by atoms with van der Waals surface area (Å²) in [5.74, 6) is -0.896. The molecule has 28 heavy (non-hydrogen) atoms. The molecule has 0 unspecified atom stereocenters. The predicted molar refractivity (Wildman–Crippen MR) is 106 cm³/mol. The molecular formula is C18H16BrFN6O2. The Bertz CT molecular complexity index is 995.